The van der Waals surface area contributed by atoms with Gasteiger partial charge in [0.15, 0.2) is 5.01 Å². The largest absolute Gasteiger partial charge is 0.443 e. The van der Waals surface area contributed by atoms with Crippen LogP contribution in [-0.2, 0) is 6.18 Å². The van der Waals surface area contributed by atoms with Gasteiger partial charge >= 0.3 is 6.18 Å². The van der Waals surface area contributed by atoms with Gasteiger partial charge in [-0.15, -0.1) is 11.3 Å². The van der Waals surface area contributed by atoms with Crippen molar-refractivity contribution in [3.8, 4) is 0 Å². The third kappa shape index (κ3) is 2.68. The van der Waals surface area contributed by atoms with Crippen LogP contribution >= 0.6 is 11.3 Å². The van der Waals surface area contributed by atoms with Crippen LogP contribution in [0, 0.1) is 0 Å². The molecule has 0 saturated carbocycles. The molecule has 2 aromatic rings. The summed E-state index contributed by atoms with van der Waals surface area (Å²) in [4.78, 5) is 8.03. The fraction of sp³-hybridized carbons (Fsp3) is 0.273. The molecular formula is C11H10F3N3S. The molecule has 18 heavy (non-hydrogen) atoms. The Balaban J connectivity index is 2.32. The molecule has 7 heteroatoms. The first-order valence-corrected chi connectivity index (χ1v) is 5.95. The molecule has 0 radical (unpaired) electrons. The molecule has 1 atom stereocenters. The third-order valence-corrected chi connectivity index (χ3v) is 3.43. The summed E-state index contributed by atoms with van der Waals surface area (Å²) >= 11 is 0.629. The number of nitrogens with zero attached hydrogens (tertiary/aromatic N) is 2. The van der Waals surface area contributed by atoms with Gasteiger partial charge in [-0.2, -0.15) is 13.2 Å². The highest BCUT2D eigenvalue weighted by Crippen LogP contribution is 2.35. The van der Waals surface area contributed by atoms with Crippen molar-refractivity contribution in [2.75, 3.05) is 7.05 Å². The van der Waals surface area contributed by atoms with Crippen molar-refractivity contribution < 1.29 is 13.2 Å². The maximum atomic E-state index is 12.5. The molecule has 0 bridgehead atoms. The smallest absolute Gasteiger partial charge is 0.307 e. The fourth-order valence-electron chi connectivity index (χ4n) is 1.53. The molecule has 2 rings (SSSR count). The third-order valence-electron chi connectivity index (χ3n) is 2.32. The molecule has 96 valence electrons. The number of aromatic nitrogens is 2. The lowest BCUT2D eigenvalue weighted by molar-refractivity contribution is -0.137. The average molecular weight is 273 g/mol. The predicted octanol–water partition coefficient (Wildman–Crippen LogP) is 2.87. The Kier molecular flexibility index (Phi) is 3.63. The van der Waals surface area contributed by atoms with Crippen LogP contribution in [-0.4, -0.2) is 17.0 Å². The molecule has 3 nitrogen and oxygen atoms in total. The van der Waals surface area contributed by atoms with Crippen LogP contribution in [0.15, 0.2) is 30.6 Å². The van der Waals surface area contributed by atoms with Crippen molar-refractivity contribution in [1.82, 2.24) is 15.3 Å². The van der Waals surface area contributed by atoms with Gasteiger partial charge in [-0.1, -0.05) is 6.07 Å². The zero-order chi connectivity index (χ0) is 13.2. The van der Waals surface area contributed by atoms with Gasteiger partial charge in [0.25, 0.3) is 0 Å². The summed E-state index contributed by atoms with van der Waals surface area (Å²) in [5.41, 5.74) is 0.664. The van der Waals surface area contributed by atoms with E-state index in [9.17, 15) is 13.2 Å². The number of nitrogens with one attached hydrogen (secondary N) is 1. The second-order valence-corrected chi connectivity index (χ2v) is 4.60. The van der Waals surface area contributed by atoms with E-state index in [1.807, 2.05) is 0 Å². The van der Waals surface area contributed by atoms with Gasteiger partial charge in [-0.25, -0.2) is 4.98 Å². The van der Waals surface area contributed by atoms with E-state index in [1.54, 1.807) is 31.4 Å². The van der Waals surface area contributed by atoms with E-state index >= 15 is 0 Å². The van der Waals surface area contributed by atoms with Gasteiger partial charge in [0, 0.05) is 17.3 Å². The van der Waals surface area contributed by atoms with Crippen molar-refractivity contribution in [3.63, 3.8) is 0 Å². The number of hydrogen-bond donors (Lipinski definition) is 1. The normalized spacial score (nSPS) is 13.6. The van der Waals surface area contributed by atoms with E-state index in [0.717, 1.165) is 0 Å². The van der Waals surface area contributed by atoms with Crippen LogP contribution in [0.2, 0.25) is 0 Å². The minimum atomic E-state index is -4.40. The summed E-state index contributed by atoms with van der Waals surface area (Å²) in [5, 5.41) is 2.10. The molecule has 0 spiro atoms. The van der Waals surface area contributed by atoms with Crippen molar-refractivity contribution in [2.24, 2.45) is 0 Å². The standard InChI is InChI=1S/C11H10F3N3S/c1-15-9(7-4-2-3-5-16-7)8-6-17-10(18-8)11(12,13)14/h2-6,9,15H,1H3. The van der Waals surface area contributed by atoms with E-state index < -0.39 is 11.2 Å². The molecule has 2 aromatic heterocycles. The Labute approximate surface area is 106 Å². The number of pyridine rings is 1. The first kappa shape index (κ1) is 13.0. The van der Waals surface area contributed by atoms with E-state index in [4.69, 9.17) is 0 Å². The molecule has 0 saturated heterocycles. The Hall–Kier alpha value is -1.47. The minimum Gasteiger partial charge on any atom is -0.307 e. The number of hydrogen-bond acceptors (Lipinski definition) is 4. The Morgan fingerprint density at radius 3 is 2.56 bits per heavy atom. The van der Waals surface area contributed by atoms with Gasteiger partial charge in [0.1, 0.15) is 0 Å². The quantitative estimate of drug-likeness (QED) is 0.934. The molecule has 0 fully saturated rings. The zero-order valence-corrected chi connectivity index (χ0v) is 10.2. The number of alkyl halides is 3. The number of halogens is 3. The summed E-state index contributed by atoms with van der Waals surface area (Å²) in [6, 6.07) is 4.93. The first-order valence-electron chi connectivity index (χ1n) is 5.13. The van der Waals surface area contributed by atoms with E-state index in [2.05, 4.69) is 15.3 Å². The van der Waals surface area contributed by atoms with E-state index in [1.165, 1.54) is 6.20 Å². The van der Waals surface area contributed by atoms with Crippen molar-refractivity contribution in [1.29, 1.82) is 0 Å². The Morgan fingerprint density at radius 2 is 2.06 bits per heavy atom. The minimum absolute atomic E-state index is 0.375. The van der Waals surface area contributed by atoms with E-state index in [-0.39, 0.29) is 6.04 Å². The van der Waals surface area contributed by atoms with E-state index in [0.29, 0.717) is 21.9 Å². The van der Waals surface area contributed by atoms with Gasteiger partial charge in [-0.05, 0) is 19.2 Å². The van der Waals surface area contributed by atoms with Crippen LogP contribution in [0.1, 0.15) is 21.6 Å². The van der Waals surface area contributed by atoms with Crippen molar-refractivity contribution >= 4 is 11.3 Å². The molecular weight excluding hydrogens is 263 g/mol. The molecule has 0 aliphatic rings. The zero-order valence-electron chi connectivity index (χ0n) is 9.40. The highest BCUT2D eigenvalue weighted by molar-refractivity contribution is 7.11. The monoisotopic (exact) mass is 273 g/mol. The molecule has 0 amide bonds. The molecule has 2 heterocycles. The Bertz CT molecular complexity index is 510. The maximum Gasteiger partial charge on any atom is 0.443 e. The molecule has 1 unspecified atom stereocenters. The summed E-state index contributed by atoms with van der Waals surface area (Å²) in [6.45, 7) is 0. The van der Waals surface area contributed by atoms with Crippen LogP contribution in [0.3, 0.4) is 0 Å². The lowest BCUT2D eigenvalue weighted by Crippen LogP contribution is -2.17. The number of rotatable bonds is 3. The summed E-state index contributed by atoms with van der Waals surface area (Å²) in [6.07, 6.45) is -1.56. The van der Waals surface area contributed by atoms with Crippen LogP contribution in [0.5, 0.6) is 0 Å². The SMILES string of the molecule is CNC(c1ccccn1)c1cnc(C(F)(F)F)s1. The molecule has 0 aliphatic carbocycles. The van der Waals surface area contributed by atoms with Crippen molar-refractivity contribution in [3.05, 3.63) is 46.2 Å². The number of thiazole rings is 1. The van der Waals surface area contributed by atoms with Crippen LogP contribution in [0.25, 0.3) is 0 Å². The second-order valence-electron chi connectivity index (χ2n) is 3.54. The maximum absolute atomic E-state index is 12.5. The summed E-state index contributed by atoms with van der Waals surface area (Å²) in [5.74, 6) is 0. The molecule has 0 aliphatic heterocycles. The molecule has 1 N–H and O–H groups in total. The summed E-state index contributed by atoms with van der Waals surface area (Å²) < 4.78 is 37.4. The first-order chi connectivity index (χ1) is 8.52. The topological polar surface area (TPSA) is 37.8 Å². The lowest BCUT2D eigenvalue weighted by atomic mass is 10.1. The highest BCUT2D eigenvalue weighted by atomic mass is 32.1. The van der Waals surface area contributed by atoms with Crippen LogP contribution < -0.4 is 5.32 Å². The van der Waals surface area contributed by atoms with Crippen molar-refractivity contribution in [2.45, 2.75) is 12.2 Å². The van der Waals surface area contributed by atoms with Gasteiger partial charge in [0.2, 0.25) is 0 Å². The van der Waals surface area contributed by atoms with Gasteiger partial charge in [0.05, 0.1) is 11.7 Å². The molecule has 0 aromatic carbocycles. The van der Waals surface area contributed by atoms with Crippen LogP contribution in [0.4, 0.5) is 13.2 Å². The Morgan fingerprint density at radius 1 is 1.28 bits per heavy atom. The second kappa shape index (κ2) is 5.03. The van der Waals surface area contributed by atoms with Gasteiger partial charge < -0.3 is 5.32 Å². The van der Waals surface area contributed by atoms with Gasteiger partial charge in [-0.3, -0.25) is 4.98 Å². The predicted molar refractivity (Wildman–Crippen MR) is 62.3 cm³/mol. The highest BCUT2D eigenvalue weighted by Gasteiger charge is 2.35. The fourth-order valence-corrected chi connectivity index (χ4v) is 2.44. The average Bonchev–Trinajstić information content (AvgIpc) is 2.81. The lowest BCUT2D eigenvalue weighted by Gasteiger charge is -2.12. The summed E-state index contributed by atoms with van der Waals surface area (Å²) in [7, 11) is 1.67.